The minimum atomic E-state index is 0.289. The van der Waals surface area contributed by atoms with E-state index in [9.17, 15) is 0 Å². The second-order valence-electron chi connectivity index (χ2n) is 1.64. The quantitative estimate of drug-likeness (QED) is 0.602. The molecule has 0 unspecified atom stereocenters. The molecule has 0 bridgehead atoms. The van der Waals surface area contributed by atoms with E-state index in [4.69, 9.17) is 15.4 Å². The Morgan fingerprint density at radius 3 is 2.89 bits per heavy atom. The Labute approximate surface area is 52.7 Å². The SMILES string of the molecule is N#CCc1ccc(N)o1. The average Bonchev–Trinajstić information content (AvgIpc) is 2.17. The Bertz CT molecular complexity index is 233. The van der Waals surface area contributed by atoms with Crippen molar-refractivity contribution < 1.29 is 4.42 Å². The van der Waals surface area contributed by atoms with Crippen LogP contribution in [-0.4, -0.2) is 0 Å². The van der Waals surface area contributed by atoms with Crippen LogP contribution in [-0.2, 0) is 6.42 Å². The van der Waals surface area contributed by atoms with Crippen LogP contribution in [0.3, 0.4) is 0 Å². The lowest BCUT2D eigenvalue weighted by atomic mass is 10.4. The van der Waals surface area contributed by atoms with E-state index in [-0.39, 0.29) is 6.42 Å². The molecule has 0 aliphatic rings. The maximum Gasteiger partial charge on any atom is 0.190 e. The molecule has 3 nitrogen and oxygen atoms in total. The molecule has 1 rings (SSSR count). The largest absolute Gasteiger partial charge is 0.445 e. The molecule has 0 fully saturated rings. The highest BCUT2D eigenvalue weighted by Crippen LogP contribution is 2.08. The lowest BCUT2D eigenvalue weighted by molar-refractivity contribution is 0.543. The Morgan fingerprint density at radius 2 is 2.44 bits per heavy atom. The average molecular weight is 122 g/mol. The van der Waals surface area contributed by atoms with Crippen LogP contribution in [0.4, 0.5) is 5.88 Å². The number of anilines is 1. The number of rotatable bonds is 1. The minimum absolute atomic E-state index is 0.289. The maximum absolute atomic E-state index is 8.18. The summed E-state index contributed by atoms with van der Waals surface area (Å²) in [6.45, 7) is 0. The number of hydrogen-bond donors (Lipinski definition) is 1. The molecule has 0 amide bonds. The predicted molar refractivity (Wildman–Crippen MR) is 32.4 cm³/mol. The third-order valence-corrected chi connectivity index (χ3v) is 0.936. The molecule has 3 heteroatoms. The van der Waals surface area contributed by atoms with Gasteiger partial charge in [-0.15, -0.1) is 0 Å². The molecule has 0 aliphatic carbocycles. The molecule has 1 aromatic heterocycles. The minimum Gasteiger partial charge on any atom is -0.445 e. The van der Waals surface area contributed by atoms with Gasteiger partial charge in [0.15, 0.2) is 5.88 Å². The zero-order valence-electron chi connectivity index (χ0n) is 4.79. The standard InChI is InChI=1S/C6H6N2O/c7-4-3-5-1-2-6(8)9-5/h1-2H,3,8H2. The first kappa shape index (κ1) is 5.70. The van der Waals surface area contributed by atoms with Gasteiger partial charge in [0, 0.05) is 6.07 Å². The van der Waals surface area contributed by atoms with Gasteiger partial charge in [-0.05, 0) is 6.07 Å². The van der Waals surface area contributed by atoms with Gasteiger partial charge in [-0.3, -0.25) is 0 Å². The second-order valence-corrected chi connectivity index (χ2v) is 1.64. The summed E-state index contributed by atoms with van der Waals surface area (Å²) in [4.78, 5) is 0. The third-order valence-electron chi connectivity index (χ3n) is 0.936. The van der Waals surface area contributed by atoms with Gasteiger partial charge < -0.3 is 10.2 Å². The molecule has 9 heavy (non-hydrogen) atoms. The normalized spacial score (nSPS) is 8.78. The Kier molecular flexibility index (Phi) is 1.41. The number of nitrogen functional groups attached to an aromatic ring is 1. The van der Waals surface area contributed by atoms with Crippen molar-refractivity contribution in [3.8, 4) is 6.07 Å². The molecule has 0 saturated heterocycles. The van der Waals surface area contributed by atoms with E-state index in [2.05, 4.69) is 0 Å². The maximum atomic E-state index is 8.18. The van der Waals surface area contributed by atoms with E-state index >= 15 is 0 Å². The molecular formula is C6H6N2O. The van der Waals surface area contributed by atoms with Crippen LogP contribution in [0, 0.1) is 11.3 Å². The first-order chi connectivity index (χ1) is 4.33. The van der Waals surface area contributed by atoms with Gasteiger partial charge in [-0.1, -0.05) is 0 Å². The number of hydrogen-bond acceptors (Lipinski definition) is 3. The molecule has 46 valence electrons. The summed E-state index contributed by atoms with van der Waals surface area (Å²) >= 11 is 0. The first-order valence-electron chi connectivity index (χ1n) is 2.54. The van der Waals surface area contributed by atoms with Gasteiger partial charge in [0.25, 0.3) is 0 Å². The molecule has 2 N–H and O–H groups in total. The monoisotopic (exact) mass is 122 g/mol. The lowest BCUT2D eigenvalue weighted by Gasteiger charge is -1.81. The van der Waals surface area contributed by atoms with Crippen molar-refractivity contribution in [1.29, 1.82) is 5.26 Å². The van der Waals surface area contributed by atoms with E-state index in [1.807, 2.05) is 6.07 Å². The fourth-order valence-electron chi connectivity index (χ4n) is 0.567. The van der Waals surface area contributed by atoms with Crippen molar-refractivity contribution in [3.05, 3.63) is 17.9 Å². The van der Waals surface area contributed by atoms with Crippen LogP contribution in [0.1, 0.15) is 5.76 Å². The fourth-order valence-corrected chi connectivity index (χ4v) is 0.567. The lowest BCUT2D eigenvalue weighted by Crippen LogP contribution is -1.77. The summed E-state index contributed by atoms with van der Waals surface area (Å²) in [6.07, 6.45) is 0.289. The second kappa shape index (κ2) is 2.23. The molecule has 1 heterocycles. The molecule has 0 saturated carbocycles. The van der Waals surface area contributed by atoms with Crippen LogP contribution in [0.25, 0.3) is 0 Å². The van der Waals surface area contributed by atoms with Crippen molar-refractivity contribution in [2.45, 2.75) is 6.42 Å². The van der Waals surface area contributed by atoms with Gasteiger partial charge in [0.1, 0.15) is 5.76 Å². The summed E-state index contributed by atoms with van der Waals surface area (Å²) in [5.41, 5.74) is 5.23. The zero-order chi connectivity index (χ0) is 6.69. The van der Waals surface area contributed by atoms with Gasteiger partial charge in [-0.2, -0.15) is 5.26 Å². The van der Waals surface area contributed by atoms with Crippen LogP contribution in [0.2, 0.25) is 0 Å². The van der Waals surface area contributed by atoms with Crippen LogP contribution in [0.5, 0.6) is 0 Å². The number of nitriles is 1. The van der Waals surface area contributed by atoms with Crippen LogP contribution >= 0.6 is 0 Å². The van der Waals surface area contributed by atoms with E-state index < -0.39 is 0 Å². The van der Waals surface area contributed by atoms with Gasteiger partial charge >= 0.3 is 0 Å². The summed E-state index contributed by atoms with van der Waals surface area (Å²) in [5.74, 6) is 0.982. The van der Waals surface area contributed by atoms with E-state index in [0.29, 0.717) is 11.6 Å². The van der Waals surface area contributed by atoms with E-state index in [1.54, 1.807) is 12.1 Å². The molecule has 0 radical (unpaired) electrons. The Hall–Kier alpha value is -1.43. The predicted octanol–water partition coefficient (Wildman–Crippen LogP) is 0.928. The summed E-state index contributed by atoms with van der Waals surface area (Å²) < 4.78 is 4.88. The Balaban J connectivity index is 2.76. The summed E-state index contributed by atoms with van der Waals surface area (Å²) in [7, 11) is 0. The van der Waals surface area contributed by atoms with Crippen molar-refractivity contribution >= 4 is 5.88 Å². The highest BCUT2D eigenvalue weighted by Gasteiger charge is 1.94. The van der Waals surface area contributed by atoms with Crippen molar-refractivity contribution in [2.75, 3.05) is 5.73 Å². The molecule has 0 spiro atoms. The highest BCUT2D eigenvalue weighted by molar-refractivity contribution is 5.26. The van der Waals surface area contributed by atoms with E-state index in [1.165, 1.54) is 0 Å². The smallest absolute Gasteiger partial charge is 0.190 e. The van der Waals surface area contributed by atoms with Crippen LogP contribution < -0.4 is 5.73 Å². The number of nitrogens with zero attached hydrogens (tertiary/aromatic N) is 1. The third kappa shape index (κ3) is 1.23. The van der Waals surface area contributed by atoms with Gasteiger partial charge in [0.2, 0.25) is 0 Å². The molecular weight excluding hydrogens is 116 g/mol. The summed E-state index contributed by atoms with van der Waals surface area (Å²) in [5, 5.41) is 8.18. The summed E-state index contributed by atoms with van der Waals surface area (Å²) in [6, 6.07) is 5.27. The topological polar surface area (TPSA) is 63.0 Å². The Morgan fingerprint density at radius 1 is 1.67 bits per heavy atom. The number of nitrogens with two attached hydrogens (primary N) is 1. The highest BCUT2D eigenvalue weighted by atomic mass is 16.3. The molecule has 0 atom stereocenters. The number of furan rings is 1. The molecule has 0 aliphatic heterocycles. The van der Waals surface area contributed by atoms with Gasteiger partial charge in [0.05, 0.1) is 12.5 Å². The van der Waals surface area contributed by atoms with Crippen molar-refractivity contribution in [2.24, 2.45) is 0 Å². The fraction of sp³-hybridized carbons (Fsp3) is 0.167. The van der Waals surface area contributed by atoms with Crippen molar-refractivity contribution in [1.82, 2.24) is 0 Å². The molecule has 1 aromatic rings. The zero-order valence-corrected chi connectivity index (χ0v) is 4.79. The van der Waals surface area contributed by atoms with E-state index in [0.717, 1.165) is 0 Å². The van der Waals surface area contributed by atoms with Crippen molar-refractivity contribution in [3.63, 3.8) is 0 Å². The molecule has 0 aromatic carbocycles. The van der Waals surface area contributed by atoms with Gasteiger partial charge in [-0.25, -0.2) is 0 Å². The van der Waals surface area contributed by atoms with Crippen LogP contribution in [0.15, 0.2) is 16.5 Å². The first-order valence-corrected chi connectivity index (χ1v) is 2.54.